The third kappa shape index (κ3) is 3.02. The standard InChI is InChI=1S/C15H23NO/c1-6-8-11(2)13-9-7-10-14(15(13)17)12(3)16(4)5/h7,9-11,17H,3,6,8H2,1-2,4-5H3. The monoisotopic (exact) mass is 233 g/mol. The number of aromatic hydroxyl groups is 1. The molecule has 0 fully saturated rings. The van der Waals surface area contributed by atoms with Crippen LogP contribution < -0.4 is 0 Å². The molecule has 1 atom stereocenters. The SMILES string of the molecule is C=C(c1cccc(C(C)CCC)c1O)N(C)C. The molecule has 2 heteroatoms. The average molecular weight is 233 g/mol. The summed E-state index contributed by atoms with van der Waals surface area (Å²) in [5.74, 6) is 0.766. The lowest BCUT2D eigenvalue weighted by atomic mass is 9.93. The van der Waals surface area contributed by atoms with Gasteiger partial charge in [0.05, 0.1) is 0 Å². The fourth-order valence-corrected chi connectivity index (χ4v) is 2.02. The molecule has 1 aromatic rings. The molecular weight excluding hydrogens is 210 g/mol. The second-order valence-corrected chi connectivity index (χ2v) is 4.77. The Morgan fingerprint density at radius 3 is 2.59 bits per heavy atom. The van der Waals surface area contributed by atoms with Crippen molar-refractivity contribution in [2.45, 2.75) is 32.6 Å². The van der Waals surface area contributed by atoms with Gasteiger partial charge in [-0.3, -0.25) is 0 Å². The normalized spacial score (nSPS) is 12.2. The Morgan fingerprint density at radius 2 is 2.06 bits per heavy atom. The first kappa shape index (κ1) is 13.6. The molecular formula is C15H23NO. The summed E-state index contributed by atoms with van der Waals surface area (Å²) >= 11 is 0. The second kappa shape index (κ2) is 5.76. The smallest absolute Gasteiger partial charge is 0.128 e. The summed E-state index contributed by atoms with van der Waals surface area (Å²) in [6.45, 7) is 8.31. The summed E-state index contributed by atoms with van der Waals surface area (Å²) in [7, 11) is 3.87. The Balaban J connectivity index is 3.11. The lowest BCUT2D eigenvalue weighted by molar-refractivity contribution is 0.455. The quantitative estimate of drug-likeness (QED) is 0.835. The van der Waals surface area contributed by atoms with Crippen LogP contribution in [-0.4, -0.2) is 24.1 Å². The van der Waals surface area contributed by atoms with Gasteiger partial charge in [-0.25, -0.2) is 0 Å². The van der Waals surface area contributed by atoms with Crippen LogP contribution >= 0.6 is 0 Å². The first-order valence-electron chi connectivity index (χ1n) is 6.17. The molecule has 0 aromatic heterocycles. The molecule has 94 valence electrons. The Bertz CT molecular complexity index is 396. The number of phenolic OH excluding ortho intramolecular Hbond substituents is 1. The van der Waals surface area contributed by atoms with E-state index in [1.54, 1.807) is 0 Å². The first-order valence-corrected chi connectivity index (χ1v) is 6.17. The van der Waals surface area contributed by atoms with E-state index in [0.717, 1.165) is 29.7 Å². The van der Waals surface area contributed by atoms with Gasteiger partial charge in [0.1, 0.15) is 5.75 Å². The topological polar surface area (TPSA) is 23.5 Å². The summed E-state index contributed by atoms with van der Waals surface area (Å²) in [4.78, 5) is 1.92. The van der Waals surface area contributed by atoms with Crippen molar-refractivity contribution in [3.8, 4) is 5.75 Å². The van der Waals surface area contributed by atoms with Crippen molar-refractivity contribution in [1.82, 2.24) is 4.90 Å². The van der Waals surface area contributed by atoms with E-state index in [1.165, 1.54) is 0 Å². The first-order chi connectivity index (χ1) is 7.99. The molecule has 1 N–H and O–H groups in total. The highest BCUT2D eigenvalue weighted by molar-refractivity contribution is 5.68. The Kier molecular flexibility index (Phi) is 4.62. The molecule has 0 bridgehead atoms. The van der Waals surface area contributed by atoms with Gasteiger partial charge < -0.3 is 10.0 Å². The lowest BCUT2D eigenvalue weighted by Gasteiger charge is -2.20. The number of hydrogen-bond acceptors (Lipinski definition) is 2. The number of benzene rings is 1. The number of hydrogen-bond donors (Lipinski definition) is 1. The van der Waals surface area contributed by atoms with E-state index >= 15 is 0 Å². The molecule has 2 nitrogen and oxygen atoms in total. The number of rotatable bonds is 5. The minimum Gasteiger partial charge on any atom is -0.507 e. The van der Waals surface area contributed by atoms with Crippen molar-refractivity contribution in [1.29, 1.82) is 0 Å². The lowest BCUT2D eigenvalue weighted by Crippen LogP contribution is -2.09. The van der Waals surface area contributed by atoms with Gasteiger partial charge in [-0.05, 0) is 24.0 Å². The Morgan fingerprint density at radius 1 is 1.41 bits per heavy atom. The predicted molar refractivity (Wildman–Crippen MR) is 74.2 cm³/mol. The van der Waals surface area contributed by atoms with Crippen LogP contribution in [0.4, 0.5) is 0 Å². The molecule has 0 amide bonds. The van der Waals surface area contributed by atoms with Crippen LogP contribution in [0.15, 0.2) is 24.8 Å². The fraction of sp³-hybridized carbons (Fsp3) is 0.467. The van der Waals surface area contributed by atoms with Gasteiger partial charge in [0.2, 0.25) is 0 Å². The third-order valence-electron chi connectivity index (χ3n) is 3.17. The molecule has 0 aliphatic carbocycles. The van der Waals surface area contributed by atoms with Gasteiger partial charge in [-0.2, -0.15) is 0 Å². The molecule has 1 unspecified atom stereocenters. The number of phenols is 1. The zero-order valence-electron chi connectivity index (χ0n) is 11.3. The average Bonchev–Trinajstić information content (AvgIpc) is 2.28. The third-order valence-corrected chi connectivity index (χ3v) is 3.17. The fourth-order valence-electron chi connectivity index (χ4n) is 2.02. The molecule has 1 rings (SSSR count). The van der Waals surface area contributed by atoms with E-state index in [2.05, 4.69) is 20.4 Å². The molecule has 17 heavy (non-hydrogen) atoms. The van der Waals surface area contributed by atoms with Crippen molar-refractivity contribution in [3.63, 3.8) is 0 Å². The van der Waals surface area contributed by atoms with Crippen molar-refractivity contribution in [2.75, 3.05) is 14.1 Å². The van der Waals surface area contributed by atoms with Crippen LogP contribution in [0.1, 0.15) is 43.7 Å². The highest BCUT2D eigenvalue weighted by atomic mass is 16.3. The zero-order chi connectivity index (χ0) is 13.0. The maximum Gasteiger partial charge on any atom is 0.128 e. The van der Waals surface area contributed by atoms with Crippen LogP contribution in [0.2, 0.25) is 0 Å². The summed E-state index contributed by atoms with van der Waals surface area (Å²) in [5, 5.41) is 10.3. The van der Waals surface area contributed by atoms with E-state index in [0.29, 0.717) is 11.7 Å². The van der Waals surface area contributed by atoms with Crippen molar-refractivity contribution in [2.24, 2.45) is 0 Å². The molecule has 0 aliphatic heterocycles. The molecule has 0 heterocycles. The van der Waals surface area contributed by atoms with Gasteiger partial charge in [-0.15, -0.1) is 0 Å². The van der Waals surface area contributed by atoms with E-state index in [4.69, 9.17) is 0 Å². The maximum absolute atomic E-state index is 10.3. The molecule has 0 spiro atoms. The summed E-state index contributed by atoms with van der Waals surface area (Å²) in [6, 6.07) is 5.91. The highest BCUT2D eigenvalue weighted by Crippen LogP contribution is 2.34. The Hall–Kier alpha value is -1.44. The predicted octanol–water partition coefficient (Wildman–Crippen LogP) is 3.83. The number of para-hydroxylation sites is 1. The van der Waals surface area contributed by atoms with Crippen molar-refractivity contribution in [3.05, 3.63) is 35.9 Å². The highest BCUT2D eigenvalue weighted by Gasteiger charge is 2.14. The molecule has 1 aromatic carbocycles. The maximum atomic E-state index is 10.3. The van der Waals surface area contributed by atoms with Crippen LogP contribution in [0, 0.1) is 0 Å². The van der Waals surface area contributed by atoms with E-state index in [1.807, 2.05) is 37.2 Å². The van der Waals surface area contributed by atoms with Gasteiger partial charge in [0, 0.05) is 25.4 Å². The van der Waals surface area contributed by atoms with Crippen LogP contribution in [0.3, 0.4) is 0 Å². The minimum atomic E-state index is 0.382. The van der Waals surface area contributed by atoms with Crippen molar-refractivity contribution >= 4 is 5.70 Å². The second-order valence-electron chi connectivity index (χ2n) is 4.77. The molecule has 0 saturated carbocycles. The van der Waals surface area contributed by atoms with Crippen LogP contribution in [0.25, 0.3) is 5.70 Å². The molecule has 0 radical (unpaired) electrons. The van der Waals surface area contributed by atoms with E-state index in [-0.39, 0.29) is 0 Å². The van der Waals surface area contributed by atoms with Gasteiger partial charge in [0.25, 0.3) is 0 Å². The minimum absolute atomic E-state index is 0.382. The van der Waals surface area contributed by atoms with Crippen molar-refractivity contribution < 1.29 is 5.11 Å². The van der Waals surface area contributed by atoms with Gasteiger partial charge in [-0.1, -0.05) is 39.0 Å². The summed E-state index contributed by atoms with van der Waals surface area (Å²) in [6.07, 6.45) is 2.21. The summed E-state index contributed by atoms with van der Waals surface area (Å²) < 4.78 is 0. The van der Waals surface area contributed by atoms with Gasteiger partial charge >= 0.3 is 0 Å². The zero-order valence-corrected chi connectivity index (χ0v) is 11.3. The Labute approximate surface area is 105 Å². The van der Waals surface area contributed by atoms with E-state index in [9.17, 15) is 5.11 Å². The number of nitrogens with zero attached hydrogens (tertiary/aromatic N) is 1. The van der Waals surface area contributed by atoms with Gasteiger partial charge in [0.15, 0.2) is 0 Å². The molecule has 0 saturated heterocycles. The van der Waals surface area contributed by atoms with Crippen LogP contribution in [0.5, 0.6) is 5.75 Å². The largest absolute Gasteiger partial charge is 0.507 e. The van der Waals surface area contributed by atoms with Crippen LogP contribution in [-0.2, 0) is 0 Å². The molecule has 0 aliphatic rings. The van der Waals surface area contributed by atoms with E-state index < -0.39 is 0 Å². The summed E-state index contributed by atoms with van der Waals surface area (Å²) in [5.41, 5.74) is 2.69.